The van der Waals surface area contributed by atoms with Gasteiger partial charge in [0.15, 0.2) is 0 Å². The van der Waals surface area contributed by atoms with Gasteiger partial charge in [0.25, 0.3) is 0 Å². The molecule has 0 aliphatic rings. The van der Waals surface area contributed by atoms with Crippen LogP contribution in [0.5, 0.6) is 5.75 Å². The van der Waals surface area contributed by atoms with Crippen molar-refractivity contribution in [2.75, 3.05) is 14.2 Å². The molecule has 0 saturated heterocycles. The number of benzene rings is 3. The fourth-order valence-electron chi connectivity index (χ4n) is 3.57. The summed E-state index contributed by atoms with van der Waals surface area (Å²) in [5.74, 6) is 1.18. The SMILES string of the molecule is COc1ccc2cc(CN(C)C(=O)C=Cc3ccc(S(=O)(=O)NCc4ccco4)cc3)ccc2c1. The van der Waals surface area contributed by atoms with Crippen molar-refractivity contribution in [3.8, 4) is 5.75 Å². The van der Waals surface area contributed by atoms with Gasteiger partial charge in [-0.3, -0.25) is 4.79 Å². The molecule has 0 bridgehead atoms. The maximum Gasteiger partial charge on any atom is 0.246 e. The number of likely N-dealkylation sites (N-methyl/N-ethyl adjacent to an activating group) is 1. The van der Waals surface area contributed by atoms with Crippen molar-refractivity contribution in [1.29, 1.82) is 0 Å². The fraction of sp³-hybridized carbons (Fsp3) is 0.148. The molecule has 1 aromatic heterocycles. The van der Waals surface area contributed by atoms with Gasteiger partial charge >= 0.3 is 0 Å². The van der Waals surface area contributed by atoms with Gasteiger partial charge in [0.2, 0.25) is 15.9 Å². The highest BCUT2D eigenvalue weighted by Gasteiger charge is 2.14. The number of carbonyl (C=O) groups excluding carboxylic acids is 1. The van der Waals surface area contributed by atoms with Crippen LogP contribution in [-0.4, -0.2) is 33.4 Å². The van der Waals surface area contributed by atoms with E-state index >= 15 is 0 Å². The molecule has 4 aromatic rings. The molecule has 180 valence electrons. The molecule has 0 aliphatic carbocycles. The van der Waals surface area contributed by atoms with Gasteiger partial charge in [-0.05, 0) is 70.4 Å². The Hall–Kier alpha value is -3.88. The van der Waals surface area contributed by atoms with Crippen molar-refractivity contribution in [1.82, 2.24) is 9.62 Å². The Morgan fingerprint density at radius 2 is 1.77 bits per heavy atom. The molecule has 4 rings (SSSR count). The van der Waals surface area contributed by atoms with E-state index in [1.807, 2.05) is 30.3 Å². The predicted molar refractivity (Wildman–Crippen MR) is 135 cm³/mol. The third-order valence-corrected chi connectivity index (χ3v) is 6.95. The van der Waals surface area contributed by atoms with Crippen molar-refractivity contribution in [2.24, 2.45) is 0 Å². The lowest BCUT2D eigenvalue weighted by Crippen LogP contribution is -2.24. The Morgan fingerprint density at radius 1 is 1.03 bits per heavy atom. The fourth-order valence-corrected chi connectivity index (χ4v) is 4.56. The molecule has 1 amide bonds. The number of nitrogens with one attached hydrogen (secondary N) is 1. The number of methoxy groups -OCH3 is 1. The minimum Gasteiger partial charge on any atom is -0.497 e. The number of nitrogens with zero attached hydrogens (tertiary/aromatic N) is 1. The molecule has 35 heavy (non-hydrogen) atoms. The summed E-state index contributed by atoms with van der Waals surface area (Å²) in [6, 6.07) is 21.7. The monoisotopic (exact) mass is 490 g/mol. The van der Waals surface area contributed by atoms with Gasteiger partial charge in [0.05, 0.1) is 24.8 Å². The summed E-state index contributed by atoms with van der Waals surface area (Å²) >= 11 is 0. The third-order valence-electron chi connectivity index (χ3n) is 5.53. The van der Waals surface area contributed by atoms with E-state index in [9.17, 15) is 13.2 Å². The van der Waals surface area contributed by atoms with Crippen LogP contribution in [0.25, 0.3) is 16.8 Å². The average Bonchev–Trinajstić information content (AvgIpc) is 3.40. The lowest BCUT2D eigenvalue weighted by atomic mass is 10.1. The first-order valence-corrected chi connectivity index (χ1v) is 12.4. The molecule has 0 saturated carbocycles. The first-order chi connectivity index (χ1) is 16.8. The molecule has 1 heterocycles. The zero-order valence-corrected chi connectivity index (χ0v) is 20.3. The van der Waals surface area contributed by atoms with Gasteiger partial charge < -0.3 is 14.1 Å². The quantitative estimate of drug-likeness (QED) is 0.347. The van der Waals surface area contributed by atoms with Gasteiger partial charge in [0, 0.05) is 19.7 Å². The normalized spacial score (nSPS) is 11.7. The maximum atomic E-state index is 12.6. The van der Waals surface area contributed by atoms with Crippen LogP contribution in [0, 0.1) is 0 Å². The highest BCUT2D eigenvalue weighted by Crippen LogP contribution is 2.22. The van der Waals surface area contributed by atoms with Gasteiger partial charge in [-0.1, -0.05) is 30.3 Å². The molecule has 0 aliphatic heterocycles. The highest BCUT2D eigenvalue weighted by atomic mass is 32.2. The zero-order chi connectivity index (χ0) is 24.8. The Morgan fingerprint density at radius 3 is 2.49 bits per heavy atom. The standard InChI is InChI=1S/C27H26N2O5S/c1-29(19-21-5-9-23-17-24(33-2)11-10-22(23)16-21)27(30)14-8-20-6-12-26(13-7-20)35(31,32)28-18-25-4-3-15-34-25/h3-17,28H,18-19H2,1-2H3. The van der Waals surface area contributed by atoms with Crippen LogP contribution < -0.4 is 9.46 Å². The van der Waals surface area contributed by atoms with Crippen molar-refractivity contribution >= 4 is 32.8 Å². The van der Waals surface area contributed by atoms with Crippen molar-refractivity contribution < 1.29 is 22.4 Å². The summed E-state index contributed by atoms with van der Waals surface area (Å²) < 4.78 is 37.8. The molecule has 0 unspecified atom stereocenters. The second kappa shape index (κ2) is 10.6. The number of fused-ring (bicyclic) bond motifs is 1. The molecule has 8 heteroatoms. The smallest absolute Gasteiger partial charge is 0.246 e. The average molecular weight is 491 g/mol. The molecule has 0 fully saturated rings. The van der Waals surface area contributed by atoms with Crippen LogP contribution in [0.1, 0.15) is 16.9 Å². The zero-order valence-electron chi connectivity index (χ0n) is 19.5. The van der Waals surface area contributed by atoms with E-state index in [4.69, 9.17) is 9.15 Å². The third kappa shape index (κ3) is 6.17. The summed E-state index contributed by atoms with van der Waals surface area (Å²) in [6.45, 7) is 0.535. The number of furan rings is 1. The van der Waals surface area contributed by atoms with Crippen molar-refractivity contribution in [3.05, 3.63) is 102 Å². The second-order valence-electron chi connectivity index (χ2n) is 8.05. The molecule has 0 spiro atoms. The molecule has 1 N–H and O–H groups in total. The van der Waals surface area contributed by atoms with Gasteiger partial charge in [-0.2, -0.15) is 0 Å². The summed E-state index contributed by atoms with van der Waals surface area (Å²) in [5.41, 5.74) is 1.74. The molecular weight excluding hydrogens is 464 g/mol. The molecule has 0 atom stereocenters. The highest BCUT2D eigenvalue weighted by molar-refractivity contribution is 7.89. The van der Waals surface area contributed by atoms with Crippen molar-refractivity contribution in [2.45, 2.75) is 18.0 Å². The second-order valence-corrected chi connectivity index (χ2v) is 9.81. The summed E-state index contributed by atoms with van der Waals surface area (Å²) in [7, 11) is -0.287. The number of amides is 1. The summed E-state index contributed by atoms with van der Waals surface area (Å²) in [6.07, 6.45) is 4.63. The summed E-state index contributed by atoms with van der Waals surface area (Å²) in [5, 5.41) is 2.15. The van der Waals surface area contributed by atoms with E-state index in [0.717, 1.165) is 27.6 Å². The van der Waals surface area contributed by atoms with E-state index in [0.29, 0.717) is 12.3 Å². The van der Waals surface area contributed by atoms with Crippen LogP contribution in [-0.2, 0) is 27.9 Å². The topological polar surface area (TPSA) is 88.8 Å². The van der Waals surface area contributed by atoms with E-state index in [1.54, 1.807) is 49.4 Å². The number of hydrogen-bond donors (Lipinski definition) is 1. The van der Waals surface area contributed by atoms with Crippen LogP contribution >= 0.6 is 0 Å². The Bertz CT molecular complexity index is 1440. The molecule has 3 aromatic carbocycles. The molecule has 0 radical (unpaired) electrons. The van der Waals surface area contributed by atoms with E-state index in [1.165, 1.54) is 24.5 Å². The van der Waals surface area contributed by atoms with E-state index < -0.39 is 10.0 Å². The maximum absolute atomic E-state index is 12.6. The summed E-state index contributed by atoms with van der Waals surface area (Å²) in [4.78, 5) is 14.4. The Balaban J connectivity index is 1.35. The minimum atomic E-state index is -3.67. The largest absolute Gasteiger partial charge is 0.497 e. The molecule has 7 nitrogen and oxygen atoms in total. The number of ether oxygens (including phenoxy) is 1. The van der Waals surface area contributed by atoms with Crippen LogP contribution in [0.2, 0.25) is 0 Å². The van der Waals surface area contributed by atoms with E-state index in [-0.39, 0.29) is 17.3 Å². The van der Waals surface area contributed by atoms with Gasteiger partial charge in [-0.25, -0.2) is 13.1 Å². The number of carbonyl (C=O) groups is 1. The van der Waals surface area contributed by atoms with Crippen LogP contribution in [0.15, 0.2) is 94.4 Å². The lowest BCUT2D eigenvalue weighted by Gasteiger charge is -2.16. The first kappa shape index (κ1) is 24.3. The number of hydrogen-bond acceptors (Lipinski definition) is 5. The number of sulfonamides is 1. The van der Waals surface area contributed by atoms with Gasteiger partial charge in [-0.15, -0.1) is 0 Å². The van der Waals surface area contributed by atoms with Crippen molar-refractivity contribution in [3.63, 3.8) is 0 Å². The van der Waals surface area contributed by atoms with Crippen LogP contribution in [0.4, 0.5) is 0 Å². The Kier molecular flexibility index (Phi) is 7.33. The predicted octanol–water partition coefficient (Wildman–Crippen LogP) is 4.59. The first-order valence-electron chi connectivity index (χ1n) is 11.0. The Labute approximate surface area is 204 Å². The molecular formula is C27H26N2O5S. The van der Waals surface area contributed by atoms with Crippen LogP contribution in [0.3, 0.4) is 0 Å². The van der Waals surface area contributed by atoms with E-state index in [2.05, 4.69) is 10.8 Å². The number of rotatable bonds is 9. The lowest BCUT2D eigenvalue weighted by molar-refractivity contribution is -0.125. The minimum absolute atomic E-state index is 0.0726. The van der Waals surface area contributed by atoms with Gasteiger partial charge in [0.1, 0.15) is 11.5 Å².